The van der Waals surface area contributed by atoms with Crippen molar-refractivity contribution in [1.82, 2.24) is 0 Å². The quantitative estimate of drug-likeness (QED) is 0.272. The largest absolute Gasteiger partial charge is 0.458 e. The second-order valence-corrected chi connectivity index (χ2v) is 11.2. The van der Waals surface area contributed by atoms with Crippen molar-refractivity contribution < 1.29 is 43.8 Å². The van der Waals surface area contributed by atoms with E-state index in [1.54, 1.807) is 13.2 Å². The lowest BCUT2D eigenvalue weighted by Crippen LogP contribution is -2.60. The zero-order valence-electron chi connectivity index (χ0n) is 26.5. The molecule has 0 radical (unpaired) electrons. The number of rotatable bonds is 8. The number of carbonyl (C=O) groups is 1. The van der Waals surface area contributed by atoms with Crippen LogP contribution in [-0.4, -0.2) is 91.1 Å². The number of aliphatic hydroxyl groups excluding tert-OH is 3. The molecule has 0 bridgehead atoms. The summed E-state index contributed by atoms with van der Waals surface area (Å²) in [4.78, 5) is 13.3. The minimum Gasteiger partial charge on any atom is -0.458 e. The predicted octanol–water partition coefficient (Wildman–Crippen LogP) is 4.49. The Bertz CT molecular complexity index is 1010. The van der Waals surface area contributed by atoms with E-state index in [-0.39, 0.29) is 12.5 Å². The Balaban J connectivity index is 2.38. The van der Waals surface area contributed by atoms with Gasteiger partial charge in [-0.15, -0.1) is 0 Å². The van der Waals surface area contributed by atoms with Crippen molar-refractivity contribution in [2.75, 3.05) is 20.8 Å². The van der Waals surface area contributed by atoms with E-state index < -0.39 is 55.5 Å². The maximum atomic E-state index is 13.3. The van der Waals surface area contributed by atoms with E-state index in [9.17, 15) is 20.1 Å². The molecule has 9 atom stereocenters. The molecule has 2 aliphatic heterocycles. The summed E-state index contributed by atoms with van der Waals surface area (Å²) in [5.41, 5.74) is 2.17. The molecule has 1 fully saturated rings. The molecule has 0 saturated carbocycles. The molecule has 0 aromatic carbocycles. The average molecular weight is 605 g/mol. The van der Waals surface area contributed by atoms with Gasteiger partial charge in [-0.1, -0.05) is 67.2 Å². The summed E-state index contributed by atoms with van der Waals surface area (Å²) in [6.45, 7) is 7.66. The summed E-state index contributed by atoms with van der Waals surface area (Å²) in [5, 5.41) is 31.0. The highest BCUT2D eigenvalue weighted by Crippen LogP contribution is 2.26. The Labute approximate surface area is 257 Å². The van der Waals surface area contributed by atoms with Gasteiger partial charge in [0.2, 0.25) is 0 Å². The molecule has 3 N–H and O–H groups in total. The first kappa shape index (κ1) is 36.8. The highest BCUT2D eigenvalue weighted by atomic mass is 16.7. The molecule has 9 heteroatoms. The van der Waals surface area contributed by atoms with Gasteiger partial charge in [-0.05, 0) is 57.6 Å². The lowest BCUT2D eigenvalue weighted by molar-refractivity contribution is -0.311. The second kappa shape index (κ2) is 19.8. The van der Waals surface area contributed by atoms with Gasteiger partial charge in [0.1, 0.15) is 30.5 Å². The Morgan fingerprint density at radius 1 is 1.07 bits per heavy atom. The van der Waals surface area contributed by atoms with Crippen molar-refractivity contribution >= 4 is 5.97 Å². The summed E-state index contributed by atoms with van der Waals surface area (Å²) in [7, 11) is 3.01. The third-order valence-electron chi connectivity index (χ3n) is 7.50. The number of esters is 1. The third kappa shape index (κ3) is 12.6. The molecule has 0 unspecified atom stereocenters. The van der Waals surface area contributed by atoms with Crippen LogP contribution in [0.5, 0.6) is 0 Å². The lowest BCUT2D eigenvalue weighted by atomic mass is 9.98. The Kier molecular flexibility index (Phi) is 17.0. The molecule has 0 spiro atoms. The second-order valence-electron chi connectivity index (χ2n) is 11.2. The normalized spacial score (nSPS) is 34.1. The van der Waals surface area contributed by atoms with E-state index in [0.29, 0.717) is 18.8 Å². The van der Waals surface area contributed by atoms with Crippen molar-refractivity contribution in [3.63, 3.8) is 0 Å². The number of methoxy groups -OCH3 is 2. The first-order chi connectivity index (χ1) is 20.6. The molecular formula is C34H52O9. The fraction of sp³-hybridized carbons (Fsp3) is 0.618. The van der Waals surface area contributed by atoms with Crippen LogP contribution in [-0.2, 0) is 28.5 Å². The molecule has 0 amide bonds. The van der Waals surface area contributed by atoms with Gasteiger partial charge in [0.25, 0.3) is 0 Å². The Morgan fingerprint density at radius 2 is 1.79 bits per heavy atom. The molecule has 1 saturated heterocycles. The number of hydrogen-bond donors (Lipinski definition) is 3. The summed E-state index contributed by atoms with van der Waals surface area (Å²) in [6.07, 6.45) is 14.9. The van der Waals surface area contributed by atoms with Gasteiger partial charge in [-0.25, -0.2) is 0 Å². The van der Waals surface area contributed by atoms with Crippen molar-refractivity contribution in [2.24, 2.45) is 5.92 Å². The fourth-order valence-corrected chi connectivity index (χ4v) is 5.11. The van der Waals surface area contributed by atoms with Crippen molar-refractivity contribution in [3.8, 4) is 0 Å². The molecular weight excluding hydrogens is 552 g/mol. The number of hydrogen-bond acceptors (Lipinski definition) is 9. The van der Waals surface area contributed by atoms with Crippen LogP contribution in [0.15, 0.2) is 71.9 Å². The van der Waals surface area contributed by atoms with Gasteiger partial charge in [0.05, 0.1) is 25.2 Å². The van der Waals surface area contributed by atoms with Crippen LogP contribution in [0, 0.1) is 5.92 Å². The van der Waals surface area contributed by atoms with Gasteiger partial charge >= 0.3 is 5.97 Å². The first-order valence-corrected chi connectivity index (χ1v) is 15.1. The molecule has 242 valence electrons. The standard InChI is InChI=1S/C34H52O9/c1-7-8-14-24(3)20-26-16-12-10-9-11-15-23(2)19-25(4)28(39-5)18-13-17-27(21-30(36)41-26)42-34-32(38)33(40-6)31(37)29(22-35)43-34/h7-13,17,19-20,23,26-29,31-35,37-38H,14-16,18,21-22H2,1-6H3/b8-7+,11-9?,12-10?,17-13?,24-20+,25-19?/t23-,26+,27+,28-,29+,31+,32+,33-,34+/m0/s1. The van der Waals surface area contributed by atoms with Crippen LogP contribution >= 0.6 is 0 Å². The molecule has 0 aromatic rings. The minimum atomic E-state index is -1.36. The van der Waals surface area contributed by atoms with Gasteiger partial charge in [0.15, 0.2) is 6.29 Å². The van der Waals surface area contributed by atoms with Crippen LogP contribution < -0.4 is 0 Å². The van der Waals surface area contributed by atoms with Gasteiger partial charge in [-0.3, -0.25) is 4.79 Å². The molecule has 43 heavy (non-hydrogen) atoms. The maximum absolute atomic E-state index is 13.3. The summed E-state index contributed by atoms with van der Waals surface area (Å²) in [6, 6.07) is 0. The number of carbonyl (C=O) groups excluding carboxylic acids is 1. The summed E-state index contributed by atoms with van der Waals surface area (Å²) in [5.74, 6) is -0.166. The van der Waals surface area contributed by atoms with Crippen molar-refractivity contribution in [1.29, 1.82) is 0 Å². The van der Waals surface area contributed by atoms with Gasteiger partial charge in [0, 0.05) is 20.6 Å². The SMILES string of the molecule is C/C=C/C/C(C)=C/[C@H]1CC=CC=CC[C@H](C)C=C(C)[C@@H](OC)CC=C[C@@H](O[C@@H]2O[C@H](CO)[C@@H](O)[C@H](OC)[C@H]2O)CC(=O)O1. The van der Waals surface area contributed by atoms with E-state index in [4.69, 9.17) is 23.7 Å². The van der Waals surface area contributed by atoms with Gasteiger partial charge in [-0.2, -0.15) is 0 Å². The van der Waals surface area contributed by atoms with Gasteiger partial charge < -0.3 is 39.0 Å². The van der Waals surface area contributed by atoms with Crippen molar-refractivity contribution in [3.05, 3.63) is 71.9 Å². The van der Waals surface area contributed by atoms with Crippen LogP contribution in [0.25, 0.3) is 0 Å². The van der Waals surface area contributed by atoms with E-state index in [2.05, 4.69) is 19.1 Å². The fourth-order valence-electron chi connectivity index (χ4n) is 5.11. The Hall–Kier alpha value is -2.37. The number of cyclic esters (lactones) is 1. The van der Waals surface area contributed by atoms with E-state index in [1.165, 1.54) is 7.11 Å². The number of allylic oxidation sites excluding steroid dienone is 7. The van der Waals surface area contributed by atoms with Crippen LogP contribution in [0.4, 0.5) is 0 Å². The third-order valence-corrected chi connectivity index (χ3v) is 7.50. The van der Waals surface area contributed by atoms with Crippen LogP contribution in [0.1, 0.15) is 59.8 Å². The highest BCUT2D eigenvalue weighted by molar-refractivity contribution is 5.70. The molecule has 0 aromatic heterocycles. The van der Waals surface area contributed by atoms with E-state index in [0.717, 1.165) is 24.0 Å². The van der Waals surface area contributed by atoms with E-state index >= 15 is 0 Å². The lowest BCUT2D eigenvalue weighted by Gasteiger charge is -2.42. The number of ether oxygens (including phenoxy) is 5. The predicted molar refractivity (Wildman–Crippen MR) is 166 cm³/mol. The molecule has 2 rings (SSSR count). The maximum Gasteiger partial charge on any atom is 0.309 e. The zero-order chi connectivity index (χ0) is 31.8. The van der Waals surface area contributed by atoms with Crippen LogP contribution in [0.2, 0.25) is 0 Å². The molecule has 0 aliphatic carbocycles. The monoisotopic (exact) mass is 604 g/mol. The Morgan fingerprint density at radius 3 is 2.44 bits per heavy atom. The summed E-state index contributed by atoms with van der Waals surface area (Å²) >= 11 is 0. The summed E-state index contributed by atoms with van der Waals surface area (Å²) < 4.78 is 28.7. The molecule has 2 heterocycles. The highest BCUT2D eigenvalue weighted by Gasteiger charge is 2.46. The van der Waals surface area contributed by atoms with Crippen molar-refractivity contribution in [2.45, 2.75) is 109 Å². The smallest absolute Gasteiger partial charge is 0.309 e. The average Bonchev–Trinajstić information content (AvgIpc) is 2.96. The molecule has 2 aliphatic rings. The number of aliphatic hydroxyl groups is 3. The molecule has 9 nitrogen and oxygen atoms in total. The van der Waals surface area contributed by atoms with Crippen LogP contribution in [0.3, 0.4) is 0 Å². The first-order valence-electron chi connectivity index (χ1n) is 15.1. The zero-order valence-corrected chi connectivity index (χ0v) is 26.5. The minimum absolute atomic E-state index is 0.154. The van der Waals surface area contributed by atoms with E-state index in [1.807, 2.05) is 63.3 Å². The topological polar surface area (TPSA) is 124 Å².